The van der Waals surface area contributed by atoms with Gasteiger partial charge in [-0.3, -0.25) is 4.79 Å². The summed E-state index contributed by atoms with van der Waals surface area (Å²) >= 11 is 0. The molecule has 1 amide bonds. The van der Waals surface area contributed by atoms with Crippen LogP contribution in [-0.2, 0) is 11.3 Å². The average molecular weight is 274 g/mol. The van der Waals surface area contributed by atoms with Gasteiger partial charge in [-0.05, 0) is 42.9 Å². The number of hydrogen-bond acceptors (Lipinski definition) is 2. The van der Waals surface area contributed by atoms with Gasteiger partial charge in [-0.15, -0.1) is 0 Å². The number of nitrogens with one attached hydrogen (secondary N) is 1. The predicted molar refractivity (Wildman–Crippen MR) is 83.6 cm³/mol. The normalized spacial score (nSPS) is 21.8. The highest BCUT2D eigenvalue weighted by atomic mass is 16.2. The summed E-state index contributed by atoms with van der Waals surface area (Å²) in [7, 11) is 1.84. The maximum atomic E-state index is 11.3. The summed E-state index contributed by atoms with van der Waals surface area (Å²) in [6, 6.07) is 9.04. The number of benzene rings is 1. The van der Waals surface area contributed by atoms with E-state index in [9.17, 15) is 4.79 Å². The van der Waals surface area contributed by atoms with Crippen LogP contribution in [0.15, 0.2) is 24.3 Å². The number of amides is 1. The first-order chi connectivity index (χ1) is 9.58. The van der Waals surface area contributed by atoms with Crippen molar-refractivity contribution in [3.8, 4) is 0 Å². The number of carbonyl (C=O) groups excluding carboxylic acids is 1. The van der Waals surface area contributed by atoms with Crippen molar-refractivity contribution in [3.63, 3.8) is 0 Å². The van der Waals surface area contributed by atoms with Gasteiger partial charge in [0.25, 0.3) is 0 Å². The fourth-order valence-corrected chi connectivity index (χ4v) is 2.96. The Morgan fingerprint density at radius 2 is 2.20 bits per heavy atom. The Kier molecular flexibility index (Phi) is 5.05. The summed E-state index contributed by atoms with van der Waals surface area (Å²) in [5.74, 6) is 0.990. The minimum Gasteiger partial charge on any atom is -0.382 e. The molecule has 110 valence electrons. The van der Waals surface area contributed by atoms with Crippen LogP contribution in [0.3, 0.4) is 0 Å². The van der Waals surface area contributed by atoms with Gasteiger partial charge in [0.1, 0.15) is 0 Å². The molecule has 0 saturated heterocycles. The van der Waals surface area contributed by atoms with Crippen LogP contribution in [0.1, 0.15) is 45.1 Å². The maximum absolute atomic E-state index is 11.3. The van der Waals surface area contributed by atoms with Crippen LogP contribution in [0.4, 0.5) is 5.69 Å². The van der Waals surface area contributed by atoms with Crippen molar-refractivity contribution in [1.29, 1.82) is 0 Å². The molecule has 2 atom stereocenters. The van der Waals surface area contributed by atoms with E-state index in [1.54, 1.807) is 11.8 Å². The quantitative estimate of drug-likeness (QED) is 0.888. The molecule has 1 aromatic rings. The van der Waals surface area contributed by atoms with Gasteiger partial charge in [-0.2, -0.15) is 0 Å². The van der Waals surface area contributed by atoms with E-state index >= 15 is 0 Å². The minimum absolute atomic E-state index is 0.102. The van der Waals surface area contributed by atoms with E-state index in [0.717, 1.165) is 5.92 Å². The van der Waals surface area contributed by atoms with Crippen LogP contribution >= 0.6 is 0 Å². The molecule has 2 unspecified atom stereocenters. The zero-order valence-corrected chi connectivity index (χ0v) is 12.9. The van der Waals surface area contributed by atoms with E-state index in [4.69, 9.17) is 0 Å². The van der Waals surface area contributed by atoms with Gasteiger partial charge < -0.3 is 10.2 Å². The first-order valence-corrected chi connectivity index (χ1v) is 7.65. The molecular weight excluding hydrogens is 248 g/mol. The molecule has 1 aliphatic carbocycles. The first-order valence-electron chi connectivity index (χ1n) is 7.65. The van der Waals surface area contributed by atoms with Crippen molar-refractivity contribution in [2.24, 2.45) is 5.92 Å². The van der Waals surface area contributed by atoms with Gasteiger partial charge in [0.05, 0.1) is 0 Å². The van der Waals surface area contributed by atoms with Crippen LogP contribution < -0.4 is 5.32 Å². The molecule has 0 radical (unpaired) electrons. The zero-order valence-electron chi connectivity index (χ0n) is 12.9. The molecule has 1 saturated carbocycles. The Morgan fingerprint density at radius 3 is 2.85 bits per heavy atom. The molecule has 0 heterocycles. The largest absolute Gasteiger partial charge is 0.382 e. The predicted octanol–water partition coefficient (Wildman–Crippen LogP) is 3.66. The summed E-state index contributed by atoms with van der Waals surface area (Å²) in [6.45, 7) is 4.56. The molecular formula is C17H26N2O. The van der Waals surface area contributed by atoms with E-state index in [0.29, 0.717) is 12.6 Å². The topological polar surface area (TPSA) is 32.3 Å². The molecule has 20 heavy (non-hydrogen) atoms. The SMILES string of the molecule is CCC1CCC(Nc2cccc(CN(C)C(C)=O)c2)C1. The van der Waals surface area contributed by atoms with E-state index in [1.807, 2.05) is 7.05 Å². The summed E-state index contributed by atoms with van der Waals surface area (Å²) < 4.78 is 0. The smallest absolute Gasteiger partial charge is 0.219 e. The van der Waals surface area contributed by atoms with Crippen molar-refractivity contribution in [3.05, 3.63) is 29.8 Å². The molecule has 1 aromatic carbocycles. The summed E-state index contributed by atoms with van der Waals surface area (Å²) in [5, 5.41) is 3.64. The Bertz CT molecular complexity index is 458. The minimum atomic E-state index is 0.102. The van der Waals surface area contributed by atoms with Crippen LogP contribution in [0.2, 0.25) is 0 Å². The number of carbonyl (C=O) groups is 1. The summed E-state index contributed by atoms with van der Waals surface area (Å²) in [6.07, 6.45) is 5.20. The lowest BCUT2D eigenvalue weighted by atomic mass is 10.1. The van der Waals surface area contributed by atoms with Gasteiger partial charge in [-0.25, -0.2) is 0 Å². The number of rotatable bonds is 5. The van der Waals surface area contributed by atoms with Crippen molar-refractivity contribution < 1.29 is 4.79 Å². The highest BCUT2D eigenvalue weighted by Crippen LogP contribution is 2.30. The molecule has 0 bridgehead atoms. The Morgan fingerprint density at radius 1 is 1.40 bits per heavy atom. The molecule has 1 N–H and O–H groups in total. The van der Waals surface area contributed by atoms with Crippen LogP contribution in [0.25, 0.3) is 0 Å². The second kappa shape index (κ2) is 6.78. The van der Waals surface area contributed by atoms with Crippen molar-refractivity contribution in [2.45, 2.75) is 52.1 Å². The van der Waals surface area contributed by atoms with Crippen molar-refractivity contribution in [1.82, 2.24) is 4.90 Å². The third-order valence-corrected chi connectivity index (χ3v) is 4.37. The van der Waals surface area contributed by atoms with Crippen molar-refractivity contribution >= 4 is 11.6 Å². The zero-order chi connectivity index (χ0) is 14.5. The highest BCUT2D eigenvalue weighted by Gasteiger charge is 2.22. The molecule has 3 nitrogen and oxygen atoms in total. The second-order valence-corrected chi connectivity index (χ2v) is 6.00. The Labute approximate surface area is 122 Å². The van der Waals surface area contributed by atoms with Crippen molar-refractivity contribution in [2.75, 3.05) is 12.4 Å². The van der Waals surface area contributed by atoms with Gasteiger partial charge in [0, 0.05) is 32.2 Å². The monoisotopic (exact) mass is 274 g/mol. The molecule has 0 aromatic heterocycles. The third kappa shape index (κ3) is 3.99. The Balaban J connectivity index is 1.94. The maximum Gasteiger partial charge on any atom is 0.219 e. The molecule has 1 aliphatic rings. The van der Waals surface area contributed by atoms with E-state index in [2.05, 4.69) is 36.5 Å². The van der Waals surface area contributed by atoms with E-state index in [-0.39, 0.29) is 5.91 Å². The lowest BCUT2D eigenvalue weighted by Gasteiger charge is -2.18. The lowest BCUT2D eigenvalue weighted by molar-refractivity contribution is -0.128. The fourth-order valence-electron chi connectivity index (χ4n) is 2.96. The molecule has 0 spiro atoms. The third-order valence-electron chi connectivity index (χ3n) is 4.37. The average Bonchev–Trinajstić information content (AvgIpc) is 2.86. The Hall–Kier alpha value is -1.51. The van der Waals surface area contributed by atoms with Gasteiger partial charge in [0.15, 0.2) is 0 Å². The van der Waals surface area contributed by atoms with Gasteiger partial charge >= 0.3 is 0 Å². The van der Waals surface area contributed by atoms with Crippen LogP contribution in [0, 0.1) is 5.92 Å². The lowest BCUT2D eigenvalue weighted by Crippen LogP contribution is -2.23. The summed E-state index contributed by atoms with van der Waals surface area (Å²) in [5.41, 5.74) is 2.36. The molecule has 2 rings (SSSR count). The van der Waals surface area contributed by atoms with Gasteiger partial charge in [-0.1, -0.05) is 25.5 Å². The standard InChI is InChI=1S/C17H26N2O/c1-4-14-8-9-17(10-14)18-16-7-5-6-15(11-16)12-19(3)13(2)20/h5-7,11,14,17-18H,4,8-10,12H2,1-3H3. The fraction of sp³-hybridized carbons (Fsp3) is 0.588. The molecule has 1 fully saturated rings. The summed E-state index contributed by atoms with van der Waals surface area (Å²) in [4.78, 5) is 13.0. The number of nitrogens with zero attached hydrogens (tertiary/aromatic N) is 1. The first kappa shape index (κ1) is 14.9. The van der Waals surface area contributed by atoms with E-state index < -0.39 is 0 Å². The molecule has 0 aliphatic heterocycles. The van der Waals surface area contributed by atoms with Gasteiger partial charge in [0.2, 0.25) is 5.91 Å². The number of hydrogen-bond donors (Lipinski definition) is 1. The highest BCUT2D eigenvalue weighted by molar-refractivity contribution is 5.72. The van der Waals surface area contributed by atoms with E-state index in [1.165, 1.54) is 36.9 Å². The molecule has 3 heteroatoms. The number of anilines is 1. The van der Waals surface area contributed by atoms with Crippen LogP contribution in [0.5, 0.6) is 0 Å². The second-order valence-electron chi connectivity index (χ2n) is 6.00. The van der Waals surface area contributed by atoms with Crippen LogP contribution in [-0.4, -0.2) is 23.9 Å².